The Morgan fingerprint density at radius 3 is 2.33 bits per heavy atom. The molecular formula is C23H24N6O3S. The lowest BCUT2D eigenvalue weighted by Gasteiger charge is -2.34. The van der Waals surface area contributed by atoms with Crippen LogP contribution in [0.2, 0.25) is 0 Å². The highest BCUT2D eigenvalue weighted by atomic mass is 32.2. The third-order valence-electron chi connectivity index (χ3n) is 6.15. The highest BCUT2D eigenvalue weighted by Gasteiger charge is 2.31. The van der Waals surface area contributed by atoms with Crippen LogP contribution in [0.3, 0.4) is 0 Å². The molecule has 0 N–H and O–H groups in total. The predicted molar refractivity (Wildman–Crippen MR) is 124 cm³/mol. The molecule has 2 aliphatic rings. The van der Waals surface area contributed by atoms with E-state index in [1.165, 1.54) is 11.2 Å². The number of anilines is 2. The fourth-order valence-electron chi connectivity index (χ4n) is 4.34. The number of benzene rings is 1. The van der Waals surface area contributed by atoms with E-state index in [4.69, 9.17) is 0 Å². The molecule has 33 heavy (non-hydrogen) atoms. The normalized spacial score (nSPS) is 16.6. The summed E-state index contributed by atoms with van der Waals surface area (Å²) in [6, 6.07) is 12.6. The van der Waals surface area contributed by atoms with Crippen molar-refractivity contribution in [3.8, 4) is 11.3 Å². The maximum absolute atomic E-state index is 13.2. The minimum atomic E-state index is -3.61. The molecule has 2 aliphatic heterocycles. The topological polar surface area (TPSA) is 99.6 Å². The van der Waals surface area contributed by atoms with Gasteiger partial charge in [0, 0.05) is 63.3 Å². The lowest BCUT2D eigenvalue weighted by molar-refractivity contribution is -0.116. The number of sulfonamides is 1. The van der Waals surface area contributed by atoms with E-state index in [1.54, 1.807) is 35.5 Å². The zero-order chi connectivity index (χ0) is 23.0. The second-order valence-electron chi connectivity index (χ2n) is 8.11. The minimum absolute atomic E-state index is 0.0302. The smallest absolute Gasteiger partial charge is 0.243 e. The molecule has 9 nitrogen and oxygen atoms in total. The first kappa shape index (κ1) is 21.5. The monoisotopic (exact) mass is 464 g/mol. The number of carbonyl (C=O) groups is 1. The fourth-order valence-corrected chi connectivity index (χ4v) is 5.82. The van der Waals surface area contributed by atoms with Crippen LogP contribution < -0.4 is 9.80 Å². The molecule has 5 rings (SSSR count). The molecule has 0 aliphatic carbocycles. The van der Waals surface area contributed by atoms with Gasteiger partial charge in [-0.25, -0.2) is 8.42 Å². The predicted octanol–water partition coefficient (Wildman–Crippen LogP) is 1.96. The summed E-state index contributed by atoms with van der Waals surface area (Å²) >= 11 is 0. The average molecular weight is 465 g/mol. The maximum Gasteiger partial charge on any atom is 0.243 e. The third kappa shape index (κ3) is 4.07. The maximum atomic E-state index is 13.2. The Bertz CT molecular complexity index is 1270. The first-order chi connectivity index (χ1) is 15.9. The number of fused-ring (bicyclic) bond motifs is 1. The van der Waals surface area contributed by atoms with Crippen molar-refractivity contribution in [2.24, 2.45) is 0 Å². The Labute approximate surface area is 192 Å². The summed E-state index contributed by atoms with van der Waals surface area (Å²) in [6.45, 7) is 3.92. The molecule has 1 saturated heterocycles. The summed E-state index contributed by atoms with van der Waals surface area (Å²) in [5.41, 5.74) is 3.41. The van der Waals surface area contributed by atoms with Gasteiger partial charge in [0.2, 0.25) is 15.9 Å². The standard InChI is InChI=1S/C23H24N6O3S/c1-17(30)29-11-8-19-16-20(2-4-22(19)29)33(31,32)28-14-12-27(13-15-28)23-5-3-21(25-26-23)18-6-9-24-10-7-18/h2-7,9-10,16H,8,11-15H2,1H3. The van der Waals surface area contributed by atoms with Crippen molar-refractivity contribution < 1.29 is 13.2 Å². The van der Waals surface area contributed by atoms with E-state index < -0.39 is 10.0 Å². The molecule has 0 saturated carbocycles. The molecular weight excluding hydrogens is 440 g/mol. The molecule has 1 aromatic carbocycles. The van der Waals surface area contributed by atoms with E-state index >= 15 is 0 Å². The molecule has 1 fully saturated rings. The van der Waals surface area contributed by atoms with E-state index in [0.717, 1.165) is 28.3 Å². The van der Waals surface area contributed by atoms with Gasteiger partial charge in [0.25, 0.3) is 0 Å². The van der Waals surface area contributed by atoms with Gasteiger partial charge >= 0.3 is 0 Å². The van der Waals surface area contributed by atoms with Crippen molar-refractivity contribution >= 4 is 27.4 Å². The number of rotatable bonds is 4. The molecule has 0 spiro atoms. The number of pyridine rings is 1. The van der Waals surface area contributed by atoms with Crippen LogP contribution in [0.4, 0.5) is 11.5 Å². The lowest BCUT2D eigenvalue weighted by atomic mass is 10.2. The molecule has 170 valence electrons. The van der Waals surface area contributed by atoms with Crippen LogP contribution >= 0.6 is 0 Å². The van der Waals surface area contributed by atoms with Crippen molar-refractivity contribution in [2.75, 3.05) is 42.5 Å². The molecule has 10 heteroatoms. The summed E-state index contributed by atoms with van der Waals surface area (Å²) in [5.74, 6) is 0.698. The molecule has 0 atom stereocenters. The highest BCUT2D eigenvalue weighted by Crippen LogP contribution is 2.31. The Hall–Kier alpha value is -3.37. The van der Waals surface area contributed by atoms with Crippen molar-refractivity contribution in [3.05, 3.63) is 60.4 Å². The van der Waals surface area contributed by atoms with Crippen LogP contribution in [0.15, 0.2) is 59.8 Å². The number of aromatic nitrogens is 3. The van der Waals surface area contributed by atoms with E-state index in [1.807, 2.05) is 29.2 Å². The van der Waals surface area contributed by atoms with Crippen LogP contribution in [0.5, 0.6) is 0 Å². The van der Waals surface area contributed by atoms with Gasteiger partial charge in [-0.05, 0) is 54.4 Å². The van der Waals surface area contributed by atoms with Gasteiger partial charge in [0.15, 0.2) is 5.82 Å². The van der Waals surface area contributed by atoms with Gasteiger partial charge in [-0.1, -0.05) is 0 Å². The number of nitrogens with zero attached hydrogens (tertiary/aromatic N) is 6. The number of amides is 1. The Morgan fingerprint density at radius 2 is 1.67 bits per heavy atom. The molecule has 3 aromatic rings. The summed E-state index contributed by atoms with van der Waals surface area (Å²) in [6.07, 6.45) is 4.09. The summed E-state index contributed by atoms with van der Waals surface area (Å²) in [7, 11) is -3.61. The molecule has 0 unspecified atom stereocenters. The van der Waals surface area contributed by atoms with E-state index in [-0.39, 0.29) is 10.8 Å². The summed E-state index contributed by atoms with van der Waals surface area (Å²) in [5, 5.41) is 8.65. The largest absolute Gasteiger partial charge is 0.352 e. The van der Waals surface area contributed by atoms with Crippen LogP contribution in [0.25, 0.3) is 11.3 Å². The molecule has 0 bridgehead atoms. The first-order valence-corrected chi connectivity index (χ1v) is 12.3. The average Bonchev–Trinajstić information content (AvgIpc) is 3.29. The van der Waals surface area contributed by atoms with Gasteiger partial charge in [0.1, 0.15) is 0 Å². The Kier molecular flexibility index (Phi) is 5.55. The second-order valence-corrected chi connectivity index (χ2v) is 10.1. The molecule has 4 heterocycles. The van der Waals surface area contributed by atoms with Crippen LogP contribution in [0, 0.1) is 0 Å². The Morgan fingerprint density at radius 1 is 0.909 bits per heavy atom. The van der Waals surface area contributed by atoms with Crippen molar-refractivity contribution in [2.45, 2.75) is 18.2 Å². The van der Waals surface area contributed by atoms with E-state index in [0.29, 0.717) is 39.1 Å². The van der Waals surface area contributed by atoms with Crippen molar-refractivity contribution in [1.82, 2.24) is 19.5 Å². The van der Waals surface area contributed by atoms with Crippen LogP contribution in [0.1, 0.15) is 12.5 Å². The minimum Gasteiger partial charge on any atom is -0.352 e. The van der Waals surface area contributed by atoms with Crippen molar-refractivity contribution in [1.29, 1.82) is 0 Å². The number of hydrogen-bond donors (Lipinski definition) is 0. The van der Waals surface area contributed by atoms with Gasteiger partial charge in [-0.3, -0.25) is 9.78 Å². The molecule has 1 amide bonds. The van der Waals surface area contributed by atoms with Crippen LogP contribution in [-0.4, -0.2) is 66.5 Å². The SMILES string of the molecule is CC(=O)N1CCc2cc(S(=O)(=O)N3CCN(c4ccc(-c5ccncc5)nn4)CC3)ccc21. The summed E-state index contributed by atoms with van der Waals surface area (Å²) < 4.78 is 28.0. The van der Waals surface area contributed by atoms with Crippen molar-refractivity contribution in [3.63, 3.8) is 0 Å². The number of piperazine rings is 1. The quantitative estimate of drug-likeness (QED) is 0.582. The van der Waals surface area contributed by atoms with E-state index in [9.17, 15) is 13.2 Å². The van der Waals surface area contributed by atoms with E-state index in [2.05, 4.69) is 15.2 Å². The zero-order valence-electron chi connectivity index (χ0n) is 18.3. The highest BCUT2D eigenvalue weighted by molar-refractivity contribution is 7.89. The number of carbonyl (C=O) groups excluding carboxylic acids is 1. The van der Waals surface area contributed by atoms with Gasteiger partial charge in [-0.15, -0.1) is 10.2 Å². The van der Waals surface area contributed by atoms with Crippen LogP contribution in [-0.2, 0) is 21.2 Å². The number of hydrogen-bond acceptors (Lipinski definition) is 7. The molecule has 2 aromatic heterocycles. The fraction of sp³-hybridized carbons (Fsp3) is 0.304. The zero-order valence-corrected chi connectivity index (χ0v) is 19.1. The third-order valence-corrected chi connectivity index (χ3v) is 8.05. The molecule has 0 radical (unpaired) electrons. The lowest BCUT2D eigenvalue weighted by Crippen LogP contribution is -2.49. The van der Waals surface area contributed by atoms with Gasteiger partial charge in [0.05, 0.1) is 10.6 Å². The first-order valence-electron chi connectivity index (χ1n) is 10.8. The summed E-state index contributed by atoms with van der Waals surface area (Å²) in [4.78, 5) is 19.8. The Balaban J connectivity index is 1.27. The second kappa shape index (κ2) is 8.53. The van der Waals surface area contributed by atoms with Gasteiger partial charge < -0.3 is 9.80 Å². The van der Waals surface area contributed by atoms with Gasteiger partial charge in [-0.2, -0.15) is 4.31 Å².